The Hall–Kier alpha value is -0.890. The van der Waals surface area contributed by atoms with E-state index >= 15 is 0 Å². The molecule has 3 saturated carbocycles. The van der Waals surface area contributed by atoms with Gasteiger partial charge in [-0.15, -0.1) is 0 Å². The first kappa shape index (κ1) is 22.3. The number of carbonyl (C=O) groups excluding carboxylic acids is 1. The largest absolute Gasteiger partial charge is 0.393 e. The molecule has 0 bridgehead atoms. The van der Waals surface area contributed by atoms with Gasteiger partial charge in [0.1, 0.15) is 0 Å². The summed E-state index contributed by atoms with van der Waals surface area (Å²) >= 11 is 0. The summed E-state index contributed by atoms with van der Waals surface area (Å²) in [6.07, 6.45) is 15.7. The summed E-state index contributed by atoms with van der Waals surface area (Å²) in [6, 6.07) is 0. The number of allylic oxidation sites excluding steroid dienone is 3. The van der Waals surface area contributed by atoms with Crippen molar-refractivity contribution in [3.8, 4) is 0 Å². The lowest BCUT2D eigenvalue weighted by Crippen LogP contribution is -2.51. The third-order valence-electron chi connectivity index (χ3n) is 9.95. The summed E-state index contributed by atoms with van der Waals surface area (Å²) in [5, 5.41) is 10.2. The van der Waals surface area contributed by atoms with Crippen LogP contribution in [-0.2, 0) is 4.79 Å². The summed E-state index contributed by atoms with van der Waals surface area (Å²) in [7, 11) is 0. The van der Waals surface area contributed by atoms with Crippen LogP contribution in [0.1, 0.15) is 86.0 Å². The molecular weight excluding hydrogens is 368 g/mol. The molecule has 9 atom stereocenters. The molecule has 4 aliphatic rings. The molecule has 4 aliphatic carbocycles. The van der Waals surface area contributed by atoms with Crippen LogP contribution in [0.15, 0.2) is 23.8 Å². The zero-order chi connectivity index (χ0) is 21.6. The first-order valence-corrected chi connectivity index (χ1v) is 12.9. The molecule has 4 rings (SSSR count). The molecule has 0 spiro atoms. The van der Waals surface area contributed by atoms with E-state index in [1.807, 2.05) is 6.08 Å². The van der Waals surface area contributed by atoms with Gasteiger partial charge in [-0.1, -0.05) is 52.3 Å². The zero-order valence-corrected chi connectivity index (χ0v) is 19.9. The topological polar surface area (TPSA) is 37.3 Å². The van der Waals surface area contributed by atoms with Gasteiger partial charge in [0, 0.05) is 5.92 Å². The molecule has 2 heteroatoms. The predicted molar refractivity (Wildman–Crippen MR) is 124 cm³/mol. The quantitative estimate of drug-likeness (QED) is 0.517. The molecule has 0 aliphatic heterocycles. The van der Waals surface area contributed by atoms with Crippen molar-refractivity contribution in [2.75, 3.05) is 0 Å². The van der Waals surface area contributed by atoms with Crippen molar-refractivity contribution < 1.29 is 9.90 Å². The van der Waals surface area contributed by atoms with E-state index in [4.69, 9.17) is 0 Å². The van der Waals surface area contributed by atoms with Crippen LogP contribution in [0.5, 0.6) is 0 Å². The lowest BCUT2D eigenvalue weighted by Gasteiger charge is -2.54. The summed E-state index contributed by atoms with van der Waals surface area (Å²) < 4.78 is 0. The Balaban J connectivity index is 1.51. The van der Waals surface area contributed by atoms with Crippen molar-refractivity contribution in [2.24, 2.45) is 52.8 Å². The normalized spacial score (nSPS) is 43.2. The Morgan fingerprint density at radius 1 is 1.10 bits per heavy atom. The molecule has 0 amide bonds. The second-order valence-corrected chi connectivity index (χ2v) is 11.7. The monoisotopic (exact) mass is 412 g/mol. The summed E-state index contributed by atoms with van der Waals surface area (Å²) in [4.78, 5) is 13.3. The van der Waals surface area contributed by atoms with E-state index in [0.29, 0.717) is 35.4 Å². The van der Waals surface area contributed by atoms with Gasteiger partial charge in [0.15, 0.2) is 5.78 Å². The average molecular weight is 413 g/mol. The number of carbonyl (C=O) groups is 1. The van der Waals surface area contributed by atoms with E-state index < -0.39 is 0 Å². The van der Waals surface area contributed by atoms with Crippen LogP contribution in [0, 0.1) is 52.8 Å². The molecule has 0 aromatic rings. The minimum Gasteiger partial charge on any atom is -0.393 e. The minimum absolute atomic E-state index is 0.151. The van der Waals surface area contributed by atoms with Crippen LogP contribution in [0.3, 0.4) is 0 Å². The maximum atomic E-state index is 13.3. The average Bonchev–Trinajstić information content (AvgIpc) is 3.14. The molecule has 1 N–H and O–H groups in total. The SMILES string of the molecule is CCC(C=CC(C)C1CCC2C1CCC1C2C(=O)C=C2CC(O)CCC21C)C(C)C. The fourth-order valence-electron chi connectivity index (χ4n) is 8.05. The molecule has 0 aromatic carbocycles. The van der Waals surface area contributed by atoms with Gasteiger partial charge in [0.25, 0.3) is 0 Å². The Kier molecular flexibility index (Phi) is 6.37. The molecule has 3 fully saturated rings. The van der Waals surface area contributed by atoms with Gasteiger partial charge in [0.2, 0.25) is 0 Å². The number of aliphatic hydroxyl groups excluding tert-OH is 1. The highest BCUT2D eigenvalue weighted by Gasteiger charge is 2.57. The van der Waals surface area contributed by atoms with Crippen molar-refractivity contribution in [1.29, 1.82) is 0 Å². The van der Waals surface area contributed by atoms with E-state index in [2.05, 4.69) is 46.8 Å². The number of rotatable bonds is 5. The summed E-state index contributed by atoms with van der Waals surface area (Å²) in [5.74, 6) is 5.22. The Morgan fingerprint density at radius 3 is 2.53 bits per heavy atom. The van der Waals surface area contributed by atoms with Crippen molar-refractivity contribution >= 4 is 5.78 Å². The van der Waals surface area contributed by atoms with Gasteiger partial charge in [-0.3, -0.25) is 4.79 Å². The summed E-state index contributed by atoms with van der Waals surface area (Å²) in [6.45, 7) is 11.8. The maximum absolute atomic E-state index is 13.3. The van der Waals surface area contributed by atoms with Gasteiger partial charge in [0.05, 0.1) is 6.10 Å². The third-order valence-corrected chi connectivity index (χ3v) is 9.95. The number of aliphatic hydroxyl groups is 1. The molecule has 0 heterocycles. The van der Waals surface area contributed by atoms with Crippen molar-refractivity contribution in [3.63, 3.8) is 0 Å². The third kappa shape index (κ3) is 3.76. The molecule has 9 unspecified atom stereocenters. The van der Waals surface area contributed by atoms with Gasteiger partial charge in [-0.05, 0) is 104 Å². The van der Waals surface area contributed by atoms with E-state index in [1.165, 1.54) is 37.7 Å². The molecule has 0 aromatic heterocycles. The number of hydrogen-bond donors (Lipinski definition) is 1. The van der Waals surface area contributed by atoms with Crippen LogP contribution in [-0.4, -0.2) is 17.0 Å². The Labute approximate surface area is 184 Å². The van der Waals surface area contributed by atoms with Crippen molar-refractivity contribution in [3.05, 3.63) is 23.8 Å². The van der Waals surface area contributed by atoms with Crippen LogP contribution < -0.4 is 0 Å². The number of ketones is 1. The Bertz CT molecular complexity index is 703. The molecule has 30 heavy (non-hydrogen) atoms. The smallest absolute Gasteiger partial charge is 0.159 e. The molecule has 168 valence electrons. The van der Waals surface area contributed by atoms with Gasteiger partial charge < -0.3 is 5.11 Å². The van der Waals surface area contributed by atoms with Crippen LogP contribution in [0.2, 0.25) is 0 Å². The standard InChI is InChI=1S/C28H44O2/c1-6-19(17(2)3)8-7-18(4)22-9-10-24-23(22)11-12-25-27(24)26(30)16-20-15-21(29)13-14-28(20,25)5/h7-8,16-19,21-25,27,29H,6,9-15H2,1-5H3. The predicted octanol–water partition coefficient (Wildman–Crippen LogP) is 6.59. The second-order valence-electron chi connectivity index (χ2n) is 11.7. The molecule has 0 radical (unpaired) electrons. The fourth-order valence-corrected chi connectivity index (χ4v) is 8.05. The van der Waals surface area contributed by atoms with E-state index in [1.54, 1.807) is 0 Å². The minimum atomic E-state index is -0.244. The maximum Gasteiger partial charge on any atom is 0.159 e. The van der Waals surface area contributed by atoms with Crippen molar-refractivity contribution in [2.45, 2.75) is 92.1 Å². The molecule has 2 nitrogen and oxygen atoms in total. The number of fused-ring (bicyclic) bond motifs is 5. The van der Waals surface area contributed by atoms with Crippen LogP contribution >= 0.6 is 0 Å². The fraction of sp³-hybridized carbons (Fsp3) is 0.821. The highest BCUT2D eigenvalue weighted by atomic mass is 16.3. The van der Waals surface area contributed by atoms with Gasteiger partial charge in [-0.25, -0.2) is 0 Å². The summed E-state index contributed by atoms with van der Waals surface area (Å²) in [5.41, 5.74) is 1.41. The molecular formula is C28H44O2. The van der Waals surface area contributed by atoms with Crippen LogP contribution in [0.25, 0.3) is 0 Å². The van der Waals surface area contributed by atoms with Gasteiger partial charge in [-0.2, -0.15) is 0 Å². The van der Waals surface area contributed by atoms with Crippen LogP contribution in [0.4, 0.5) is 0 Å². The van der Waals surface area contributed by atoms with E-state index in [0.717, 1.165) is 31.1 Å². The first-order chi connectivity index (χ1) is 14.3. The first-order valence-electron chi connectivity index (χ1n) is 12.9. The number of hydrogen-bond acceptors (Lipinski definition) is 2. The highest BCUT2D eigenvalue weighted by molar-refractivity contribution is 5.94. The highest BCUT2D eigenvalue weighted by Crippen LogP contribution is 2.62. The van der Waals surface area contributed by atoms with Gasteiger partial charge >= 0.3 is 0 Å². The lowest BCUT2D eigenvalue weighted by atomic mass is 9.49. The molecule has 0 saturated heterocycles. The van der Waals surface area contributed by atoms with Crippen molar-refractivity contribution in [1.82, 2.24) is 0 Å². The second kappa shape index (κ2) is 8.57. The Morgan fingerprint density at radius 2 is 1.83 bits per heavy atom. The van der Waals surface area contributed by atoms with E-state index in [-0.39, 0.29) is 17.4 Å². The van der Waals surface area contributed by atoms with E-state index in [9.17, 15) is 9.90 Å². The zero-order valence-electron chi connectivity index (χ0n) is 19.9. The lowest BCUT2D eigenvalue weighted by molar-refractivity contribution is -0.130.